The van der Waals surface area contributed by atoms with Crippen LogP contribution >= 0.6 is 0 Å². The highest BCUT2D eigenvalue weighted by atomic mass is 16.3. The minimum atomic E-state index is 0.585. The molecule has 7 heteroatoms. The molecule has 0 saturated carbocycles. The van der Waals surface area contributed by atoms with E-state index in [9.17, 15) is 0 Å². The maximum Gasteiger partial charge on any atom is 0.217 e. The molecule has 0 fully saturated rings. The maximum absolute atomic E-state index is 5.46. The van der Waals surface area contributed by atoms with E-state index in [1.54, 1.807) is 18.7 Å². The fourth-order valence-electron chi connectivity index (χ4n) is 3.12. The van der Waals surface area contributed by atoms with E-state index < -0.39 is 0 Å². The molecule has 132 valence electrons. The summed E-state index contributed by atoms with van der Waals surface area (Å²) in [4.78, 5) is 8.81. The van der Waals surface area contributed by atoms with Crippen LogP contribution in [0.25, 0.3) is 17.3 Å². The number of aromatic nitrogens is 6. The van der Waals surface area contributed by atoms with Crippen molar-refractivity contribution in [3.8, 4) is 17.3 Å². The Labute approximate surface area is 151 Å². The molecule has 0 N–H and O–H groups in total. The second-order valence-electron chi connectivity index (χ2n) is 6.22. The highest BCUT2D eigenvalue weighted by Gasteiger charge is 2.17. The first-order valence-electron chi connectivity index (χ1n) is 8.53. The lowest BCUT2D eigenvalue weighted by molar-refractivity contribution is 0.577. The van der Waals surface area contributed by atoms with Gasteiger partial charge in [0.15, 0.2) is 5.76 Å². The lowest BCUT2D eigenvalue weighted by Crippen LogP contribution is -2.05. The average Bonchev–Trinajstić information content (AvgIpc) is 3.36. The van der Waals surface area contributed by atoms with Gasteiger partial charge in [-0.3, -0.25) is 9.67 Å². The monoisotopic (exact) mass is 348 g/mol. The lowest BCUT2D eigenvalue weighted by atomic mass is 10.1. The number of aryl methyl sites for hydroxylation is 3. The number of nitrogens with zero attached hydrogens (tertiary/aromatic N) is 6. The Kier molecular flexibility index (Phi) is 4.12. The number of rotatable bonds is 5. The van der Waals surface area contributed by atoms with Gasteiger partial charge in [-0.15, -0.1) is 5.10 Å². The molecule has 0 amide bonds. The fourth-order valence-corrected chi connectivity index (χ4v) is 3.12. The Hall–Kier alpha value is -3.22. The fraction of sp³-hybridized carbons (Fsp3) is 0.263. The van der Waals surface area contributed by atoms with Gasteiger partial charge in [-0.25, -0.2) is 9.67 Å². The van der Waals surface area contributed by atoms with Gasteiger partial charge in [0.1, 0.15) is 5.82 Å². The third-order valence-corrected chi connectivity index (χ3v) is 4.58. The van der Waals surface area contributed by atoms with Gasteiger partial charge in [0.2, 0.25) is 5.82 Å². The number of hydrogen-bond donors (Lipinski definition) is 0. The van der Waals surface area contributed by atoms with Gasteiger partial charge in [0, 0.05) is 31.6 Å². The van der Waals surface area contributed by atoms with Crippen molar-refractivity contribution in [1.29, 1.82) is 0 Å². The zero-order valence-electron chi connectivity index (χ0n) is 15.0. The molecule has 0 radical (unpaired) electrons. The molecular formula is C19H20N6O. The zero-order valence-corrected chi connectivity index (χ0v) is 15.0. The predicted octanol–water partition coefficient (Wildman–Crippen LogP) is 3.06. The first-order chi connectivity index (χ1) is 12.6. The molecule has 0 bridgehead atoms. The molecule has 26 heavy (non-hydrogen) atoms. The van der Waals surface area contributed by atoms with E-state index in [1.807, 2.05) is 47.6 Å². The molecular weight excluding hydrogens is 328 g/mol. The highest BCUT2D eigenvalue weighted by molar-refractivity contribution is 5.47. The Balaban J connectivity index is 1.70. The van der Waals surface area contributed by atoms with Crippen molar-refractivity contribution < 1.29 is 4.42 Å². The molecule has 0 spiro atoms. The van der Waals surface area contributed by atoms with Crippen LogP contribution in [0.1, 0.15) is 22.8 Å². The standard InChI is InChI=1S/C19H20N6O/c1-13-16(14(2)24(3)22-13)6-7-18-21-19(17-5-4-12-26-17)23-25(18)15-8-10-20-11-9-15/h4-5,8-12H,6-7H2,1-3H3. The zero-order chi connectivity index (χ0) is 18.1. The first kappa shape index (κ1) is 16.3. The molecule has 0 atom stereocenters. The first-order valence-corrected chi connectivity index (χ1v) is 8.53. The van der Waals surface area contributed by atoms with Gasteiger partial charge in [0.25, 0.3) is 0 Å². The summed E-state index contributed by atoms with van der Waals surface area (Å²) in [6.45, 7) is 4.14. The summed E-state index contributed by atoms with van der Waals surface area (Å²) >= 11 is 0. The summed E-state index contributed by atoms with van der Waals surface area (Å²) in [7, 11) is 1.97. The molecule has 0 aliphatic carbocycles. The second kappa shape index (κ2) is 6.59. The summed E-state index contributed by atoms with van der Waals surface area (Å²) in [5, 5.41) is 9.15. The SMILES string of the molecule is Cc1nn(C)c(C)c1CCc1nc(-c2ccco2)nn1-c1ccncc1. The minimum Gasteiger partial charge on any atom is -0.461 e. The van der Waals surface area contributed by atoms with Gasteiger partial charge in [-0.1, -0.05) is 0 Å². The van der Waals surface area contributed by atoms with Crippen molar-refractivity contribution in [3.05, 3.63) is 65.7 Å². The van der Waals surface area contributed by atoms with Crippen molar-refractivity contribution in [2.75, 3.05) is 0 Å². The van der Waals surface area contributed by atoms with Crippen LogP contribution < -0.4 is 0 Å². The van der Waals surface area contributed by atoms with E-state index in [0.717, 1.165) is 30.0 Å². The Bertz CT molecular complexity index is 1010. The highest BCUT2D eigenvalue weighted by Crippen LogP contribution is 2.21. The number of pyridine rings is 1. The number of hydrogen-bond acceptors (Lipinski definition) is 5. The van der Waals surface area contributed by atoms with E-state index >= 15 is 0 Å². The quantitative estimate of drug-likeness (QED) is 0.554. The molecule has 0 aliphatic rings. The average molecular weight is 348 g/mol. The molecule has 0 aromatic carbocycles. The van der Waals surface area contributed by atoms with Crippen LogP contribution in [0.4, 0.5) is 0 Å². The Morgan fingerprint density at radius 2 is 1.85 bits per heavy atom. The van der Waals surface area contributed by atoms with Crippen molar-refractivity contribution in [2.24, 2.45) is 7.05 Å². The molecule has 4 rings (SSSR count). The largest absolute Gasteiger partial charge is 0.461 e. The summed E-state index contributed by atoms with van der Waals surface area (Å²) in [5.74, 6) is 2.12. The molecule has 7 nitrogen and oxygen atoms in total. The smallest absolute Gasteiger partial charge is 0.217 e. The minimum absolute atomic E-state index is 0.585. The Morgan fingerprint density at radius 3 is 2.50 bits per heavy atom. The van der Waals surface area contributed by atoms with Crippen molar-refractivity contribution in [1.82, 2.24) is 29.5 Å². The van der Waals surface area contributed by atoms with Crippen LogP contribution in [0.2, 0.25) is 0 Å². The van der Waals surface area contributed by atoms with Crippen LogP contribution in [0.5, 0.6) is 0 Å². The lowest BCUT2D eigenvalue weighted by Gasteiger charge is -2.06. The normalized spacial score (nSPS) is 11.2. The molecule has 0 aliphatic heterocycles. The Morgan fingerprint density at radius 1 is 1.04 bits per heavy atom. The van der Waals surface area contributed by atoms with Gasteiger partial charge in [0.05, 0.1) is 17.6 Å². The molecule has 4 aromatic rings. The van der Waals surface area contributed by atoms with E-state index in [4.69, 9.17) is 9.40 Å². The van der Waals surface area contributed by atoms with Gasteiger partial charge in [-0.2, -0.15) is 5.10 Å². The van der Waals surface area contributed by atoms with E-state index in [2.05, 4.69) is 22.1 Å². The van der Waals surface area contributed by atoms with E-state index in [1.165, 1.54) is 11.3 Å². The summed E-state index contributed by atoms with van der Waals surface area (Å²) < 4.78 is 9.25. The van der Waals surface area contributed by atoms with Crippen molar-refractivity contribution in [3.63, 3.8) is 0 Å². The molecule has 4 aromatic heterocycles. The van der Waals surface area contributed by atoms with Crippen molar-refractivity contribution >= 4 is 0 Å². The van der Waals surface area contributed by atoms with Gasteiger partial charge < -0.3 is 4.42 Å². The van der Waals surface area contributed by atoms with Crippen LogP contribution in [0, 0.1) is 13.8 Å². The van der Waals surface area contributed by atoms with E-state index in [0.29, 0.717) is 11.6 Å². The van der Waals surface area contributed by atoms with Gasteiger partial charge in [-0.05, 0) is 50.1 Å². The topological polar surface area (TPSA) is 74.6 Å². The van der Waals surface area contributed by atoms with Gasteiger partial charge >= 0.3 is 0 Å². The van der Waals surface area contributed by atoms with Crippen LogP contribution in [-0.4, -0.2) is 29.5 Å². The summed E-state index contributed by atoms with van der Waals surface area (Å²) in [5.41, 5.74) is 4.44. The summed E-state index contributed by atoms with van der Waals surface area (Å²) in [6, 6.07) is 7.55. The second-order valence-corrected chi connectivity index (χ2v) is 6.22. The summed E-state index contributed by atoms with van der Waals surface area (Å²) in [6.07, 6.45) is 6.74. The van der Waals surface area contributed by atoms with Crippen LogP contribution in [0.15, 0.2) is 47.3 Å². The predicted molar refractivity (Wildman–Crippen MR) is 96.9 cm³/mol. The molecule has 0 saturated heterocycles. The third kappa shape index (κ3) is 2.92. The third-order valence-electron chi connectivity index (χ3n) is 4.58. The van der Waals surface area contributed by atoms with Crippen LogP contribution in [-0.2, 0) is 19.9 Å². The van der Waals surface area contributed by atoms with E-state index in [-0.39, 0.29) is 0 Å². The number of furan rings is 1. The van der Waals surface area contributed by atoms with Crippen LogP contribution in [0.3, 0.4) is 0 Å². The van der Waals surface area contributed by atoms with Crippen molar-refractivity contribution in [2.45, 2.75) is 26.7 Å². The molecule has 0 unspecified atom stereocenters. The molecule has 4 heterocycles. The maximum atomic E-state index is 5.46.